The average Bonchev–Trinajstić information content (AvgIpc) is 2.91. The Labute approximate surface area is 133 Å². The standard InChI is InChI=1S/C16H17N3S2/c1-12-3-5-15(6-4-12)20-8-7-18-10-14(9-17)16-19-13(2)11-21-16/h3-6,10-11,18H,7-8H2,1-2H3/b14-10+. The molecule has 2 rings (SSSR count). The summed E-state index contributed by atoms with van der Waals surface area (Å²) >= 11 is 3.30. The Kier molecular flexibility index (Phi) is 5.85. The number of hydrogen-bond acceptors (Lipinski definition) is 5. The zero-order valence-electron chi connectivity index (χ0n) is 12.1. The largest absolute Gasteiger partial charge is 0.389 e. The summed E-state index contributed by atoms with van der Waals surface area (Å²) in [4.78, 5) is 5.59. The van der Waals surface area contributed by atoms with E-state index < -0.39 is 0 Å². The van der Waals surface area contributed by atoms with E-state index >= 15 is 0 Å². The minimum atomic E-state index is 0.591. The van der Waals surface area contributed by atoms with Crippen LogP contribution in [-0.2, 0) is 0 Å². The number of aromatic nitrogens is 1. The summed E-state index contributed by atoms with van der Waals surface area (Å²) in [6, 6.07) is 10.7. The van der Waals surface area contributed by atoms with Crippen molar-refractivity contribution in [2.24, 2.45) is 0 Å². The molecule has 0 aliphatic rings. The molecule has 0 bridgehead atoms. The number of allylic oxidation sites excluding steroid dienone is 1. The highest BCUT2D eigenvalue weighted by molar-refractivity contribution is 7.99. The van der Waals surface area contributed by atoms with E-state index in [-0.39, 0.29) is 0 Å². The van der Waals surface area contributed by atoms with Gasteiger partial charge in [-0.05, 0) is 26.0 Å². The molecule has 0 spiro atoms. The zero-order valence-corrected chi connectivity index (χ0v) is 13.7. The normalized spacial score (nSPS) is 11.2. The van der Waals surface area contributed by atoms with Gasteiger partial charge in [0.2, 0.25) is 0 Å². The number of nitrogens with zero attached hydrogens (tertiary/aromatic N) is 2. The molecule has 0 saturated heterocycles. The van der Waals surface area contributed by atoms with Crippen LogP contribution < -0.4 is 5.32 Å². The Bertz CT molecular complexity index is 651. The molecule has 1 aromatic heterocycles. The second-order valence-corrected chi connectivity index (χ2v) is 6.61. The van der Waals surface area contributed by atoms with Crippen LogP contribution in [0.4, 0.5) is 0 Å². The van der Waals surface area contributed by atoms with Crippen LogP contribution in [0, 0.1) is 25.2 Å². The molecule has 5 heteroatoms. The third-order valence-electron chi connectivity index (χ3n) is 2.75. The molecule has 1 N–H and O–H groups in total. The second kappa shape index (κ2) is 7.87. The summed E-state index contributed by atoms with van der Waals surface area (Å²) in [7, 11) is 0. The second-order valence-electron chi connectivity index (χ2n) is 4.58. The van der Waals surface area contributed by atoms with E-state index in [4.69, 9.17) is 5.26 Å². The number of thioether (sulfide) groups is 1. The predicted octanol–water partition coefficient (Wildman–Crippen LogP) is 4.01. The predicted molar refractivity (Wildman–Crippen MR) is 90.3 cm³/mol. The molecule has 0 radical (unpaired) electrons. The molecule has 1 aromatic carbocycles. The highest BCUT2D eigenvalue weighted by Gasteiger charge is 2.04. The smallest absolute Gasteiger partial charge is 0.135 e. The van der Waals surface area contributed by atoms with Crippen molar-refractivity contribution in [2.45, 2.75) is 18.7 Å². The van der Waals surface area contributed by atoms with Crippen LogP contribution in [0.5, 0.6) is 0 Å². The SMILES string of the molecule is Cc1ccc(SCCN/C=C(\C#N)c2nc(C)cs2)cc1. The van der Waals surface area contributed by atoms with Gasteiger partial charge in [-0.2, -0.15) is 5.26 Å². The molecule has 3 nitrogen and oxygen atoms in total. The van der Waals surface area contributed by atoms with Crippen LogP contribution in [-0.4, -0.2) is 17.3 Å². The fourth-order valence-corrected chi connectivity index (χ4v) is 3.20. The maximum Gasteiger partial charge on any atom is 0.135 e. The Morgan fingerprint density at radius 2 is 2.14 bits per heavy atom. The minimum absolute atomic E-state index is 0.591. The number of thiazole rings is 1. The van der Waals surface area contributed by atoms with Crippen LogP contribution in [0.25, 0.3) is 5.57 Å². The minimum Gasteiger partial charge on any atom is -0.389 e. The molecule has 0 atom stereocenters. The van der Waals surface area contributed by atoms with Crippen molar-refractivity contribution in [2.75, 3.05) is 12.3 Å². The Morgan fingerprint density at radius 1 is 1.38 bits per heavy atom. The first-order valence-corrected chi connectivity index (χ1v) is 8.51. The lowest BCUT2D eigenvalue weighted by molar-refractivity contribution is 0.931. The lowest BCUT2D eigenvalue weighted by atomic mass is 10.2. The highest BCUT2D eigenvalue weighted by atomic mass is 32.2. The molecular formula is C16H17N3S2. The van der Waals surface area contributed by atoms with Crippen molar-refractivity contribution in [1.29, 1.82) is 5.26 Å². The Morgan fingerprint density at radius 3 is 2.76 bits per heavy atom. The van der Waals surface area contributed by atoms with Gasteiger partial charge in [0.15, 0.2) is 0 Å². The monoisotopic (exact) mass is 315 g/mol. The van der Waals surface area contributed by atoms with Gasteiger partial charge in [-0.15, -0.1) is 23.1 Å². The number of nitriles is 1. The number of aryl methyl sites for hydroxylation is 2. The fourth-order valence-electron chi connectivity index (χ4n) is 1.66. The molecule has 0 unspecified atom stereocenters. The van der Waals surface area contributed by atoms with Gasteiger partial charge in [0.25, 0.3) is 0 Å². The molecule has 0 amide bonds. The number of nitrogens with one attached hydrogen (secondary N) is 1. The van der Waals surface area contributed by atoms with E-state index in [1.54, 1.807) is 18.0 Å². The number of rotatable bonds is 6. The molecule has 1 heterocycles. The first kappa shape index (κ1) is 15.6. The van der Waals surface area contributed by atoms with Crippen molar-refractivity contribution in [1.82, 2.24) is 10.3 Å². The maximum absolute atomic E-state index is 9.15. The van der Waals surface area contributed by atoms with Gasteiger partial charge in [-0.1, -0.05) is 17.7 Å². The van der Waals surface area contributed by atoms with E-state index in [2.05, 4.69) is 47.6 Å². The number of hydrogen-bond donors (Lipinski definition) is 1. The average molecular weight is 315 g/mol. The van der Waals surface area contributed by atoms with Crippen molar-refractivity contribution in [3.8, 4) is 6.07 Å². The number of benzene rings is 1. The first-order valence-electron chi connectivity index (χ1n) is 6.64. The summed E-state index contributed by atoms with van der Waals surface area (Å²) in [5.41, 5.74) is 2.82. The van der Waals surface area contributed by atoms with Crippen molar-refractivity contribution < 1.29 is 0 Å². The molecule has 0 aliphatic heterocycles. The van der Waals surface area contributed by atoms with Gasteiger partial charge < -0.3 is 5.32 Å². The van der Waals surface area contributed by atoms with Gasteiger partial charge in [0.05, 0.1) is 0 Å². The third-order valence-corrected chi connectivity index (χ3v) is 4.76. The van der Waals surface area contributed by atoms with E-state index in [9.17, 15) is 0 Å². The van der Waals surface area contributed by atoms with E-state index in [0.717, 1.165) is 23.0 Å². The lowest BCUT2D eigenvalue weighted by Gasteiger charge is -2.03. The zero-order chi connectivity index (χ0) is 15.1. The summed E-state index contributed by atoms with van der Waals surface area (Å²) in [6.45, 7) is 4.83. The lowest BCUT2D eigenvalue weighted by Crippen LogP contribution is -2.10. The molecule has 0 fully saturated rings. The van der Waals surface area contributed by atoms with Crippen LogP contribution in [0.15, 0.2) is 40.7 Å². The maximum atomic E-state index is 9.15. The summed E-state index contributed by atoms with van der Waals surface area (Å²) in [6.07, 6.45) is 1.76. The van der Waals surface area contributed by atoms with E-state index in [0.29, 0.717) is 5.57 Å². The van der Waals surface area contributed by atoms with E-state index in [1.165, 1.54) is 21.8 Å². The van der Waals surface area contributed by atoms with E-state index in [1.807, 2.05) is 12.3 Å². The van der Waals surface area contributed by atoms with Crippen LogP contribution in [0.1, 0.15) is 16.3 Å². The first-order chi connectivity index (χ1) is 10.2. The molecule has 108 valence electrons. The highest BCUT2D eigenvalue weighted by Crippen LogP contribution is 2.19. The van der Waals surface area contributed by atoms with Crippen molar-refractivity contribution in [3.63, 3.8) is 0 Å². The summed E-state index contributed by atoms with van der Waals surface area (Å²) < 4.78 is 0. The summed E-state index contributed by atoms with van der Waals surface area (Å²) in [5, 5.41) is 15.1. The summed E-state index contributed by atoms with van der Waals surface area (Å²) in [5.74, 6) is 0.954. The Hall–Kier alpha value is -1.77. The van der Waals surface area contributed by atoms with Gasteiger partial charge in [0.1, 0.15) is 16.6 Å². The molecule has 2 aromatic rings. The fraction of sp³-hybridized carbons (Fsp3) is 0.250. The van der Waals surface area contributed by atoms with Crippen LogP contribution >= 0.6 is 23.1 Å². The molecular weight excluding hydrogens is 298 g/mol. The van der Waals surface area contributed by atoms with Crippen LogP contribution in [0.2, 0.25) is 0 Å². The third kappa shape index (κ3) is 4.92. The van der Waals surface area contributed by atoms with Gasteiger partial charge >= 0.3 is 0 Å². The van der Waals surface area contributed by atoms with Crippen LogP contribution in [0.3, 0.4) is 0 Å². The molecule has 0 aliphatic carbocycles. The van der Waals surface area contributed by atoms with Crippen molar-refractivity contribution >= 4 is 28.7 Å². The van der Waals surface area contributed by atoms with Gasteiger partial charge in [-0.25, -0.2) is 4.98 Å². The topological polar surface area (TPSA) is 48.7 Å². The van der Waals surface area contributed by atoms with Gasteiger partial charge in [0, 0.05) is 34.5 Å². The molecule has 21 heavy (non-hydrogen) atoms. The quantitative estimate of drug-likeness (QED) is 0.497. The molecule has 0 saturated carbocycles. The van der Waals surface area contributed by atoms with Crippen molar-refractivity contribution in [3.05, 3.63) is 52.1 Å². The van der Waals surface area contributed by atoms with Gasteiger partial charge in [-0.3, -0.25) is 0 Å². The Balaban J connectivity index is 1.79.